The highest BCUT2D eigenvalue weighted by Crippen LogP contribution is 2.35. The zero-order valence-electron chi connectivity index (χ0n) is 17.5. The number of fused-ring (bicyclic) bond motifs is 1. The molecule has 10 heteroatoms. The largest absolute Gasteiger partial charge is 0.503 e. The molecular formula is C22H23F2N3O5. The van der Waals surface area contributed by atoms with E-state index in [2.05, 4.69) is 5.32 Å². The summed E-state index contributed by atoms with van der Waals surface area (Å²) in [4.78, 5) is 40.2. The number of hydrogen-bond acceptors (Lipinski definition) is 5. The second-order valence-corrected chi connectivity index (χ2v) is 8.10. The summed E-state index contributed by atoms with van der Waals surface area (Å²) in [5, 5.41) is 12.9. The van der Waals surface area contributed by atoms with E-state index >= 15 is 0 Å². The fraction of sp³-hybridized carbons (Fsp3) is 0.409. The number of benzene rings is 1. The molecule has 2 aromatic rings. The number of rotatable bonds is 5. The van der Waals surface area contributed by atoms with Gasteiger partial charge in [-0.05, 0) is 18.9 Å². The molecule has 3 heterocycles. The number of carbonyl (C=O) groups is 2. The number of carbonyl (C=O) groups excluding carboxylic acids is 2. The Balaban J connectivity index is 1.66. The first kappa shape index (κ1) is 21.9. The predicted molar refractivity (Wildman–Crippen MR) is 109 cm³/mol. The highest BCUT2D eigenvalue weighted by Gasteiger charge is 2.48. The van der Waals surface area contributed by atoms with Crippen molar-refractivity contribution in [1.29, 1.82) is 0 Å². The van der Waals surface area contributed by atoms with Gasteiger partial charge in [0.05, 0.1) is 12.1 Å². The predicted octanol–water partition coefficient (Wildman–Crippen LogP) is 1.79. The van der Waals surface area contributed by atoms with Crippen LogP contribution in [0.1, 0.15) is 46.2 Å². The summed E-state index contributed by atoms with van der Waals surface area (Å²) in [5.41, 5.74) is -2.11. The molecule has 32 heavy (non-hydrogen) atoms. The molecule has 1 spiro atoms. The molecule has 0 saturated carbocycles. The molecule has 2 N–H and O–H groups in total. The number of hydrogen-bond donors (Lipinski definition) is 2. The number of aromatic nitrogens is 1. The summed E-state index contributed by atoms with van der Waals surface area (Å²) in [6, 6.07) is 2.94. The highest BCUT2D eigenvalue weighted by molar-refractivity contribution is 5.99. The Bertz CT molecular complexity index is 1140. The van der Waals surface area contributed by atoms with Gasteiger partial charge in [0.25, 0.3) is 11.8 Å². The van der Waals surface area contributed by atoms with Gasteiger partial charge in [-0.25, -0.2) is 8.78 Å². The Morgan fingerprint density at radius 3 is 2.75 bits per heavy atom. The first-order chi connectivity index (χ1) is 15.3. The lowest BCUT2D eigenvalue weighted by Gasteiger charge is -2.45. The van der Waals surface area contributed by atoms with Crippen molar-refractivity contribution in [2.75, 3.05) is 19.8 Å². The molecule has 0 bridgehead atoms. The summed E-state index contributed by atoms with van der Waals surface area (Å²) in [6.45, 7) is 3.14. The van der Waals surface area contributed by atoms with E-state index in [1.165, 1.54) is 16.8 Å². The molecule has 1 unspecified atom stereocenters. The van der Waals surface area contributed by atoms with E-state index in [0.29, 0.717) is 38.7 Å². The maximum atomic E-state index is 13.8. The van der Waals surface area contributed by atoms with Crippen LogP contribution in [0.25, 0.3) is 0 Å². The first-order valence-corrected chi connectivity index (χ1v) is 10.4. The van der Waals surface area contributed by atoms with Crippen molar-refractivity contribution in [3.05, 3.63) is 63.1 Å². The molecule has 170 valence electrons. The number of ether oxygens (including phenoxy) is 1. The fourth-order valence-corrected chi connectivity index (χ4v) is 4.34. The summed E-state index contributed by atoms with van der Waals surface area (Å²) < 4.78 is 33.9. The lowest BCUT2D eigenvalue weighted by atomic mass is 9.91. The Morgan fingerprint density at radius 1 is 1.31 bits per heavy atom. The third kappa shape index (κ3) is 3.64. The molecule has 1 saturated heterocycles. The number of amides is 2. The van der Waals surface area contributed by atoms with Crippen LogP contribution in [0.3, 0.4) is 0 Å². The minimum absolute atomic E-state index is 0.0366. The van der Waals surface area contributed by atoms with Gasteiger partial charge >= 0.3 is 0 Å². The van der Waals surface area contributed by atoms with Gasteiger partial charge in [0.15, 0.2) is 11.4 Å². The van der Waals surface area contributed by atoms with Crippen LogP contribution in [0.2, 0.25) is 0 Å². The van der Waals surface area contributed by atoms with Crippen LogP contribution in [0.15, 0.2) is 29.2 Å². The highest BCUT2D eigenvalue weighted by atomic mass is 19.1. The van der Waals surface area contributed by atoms with Crippen LogP contribution < -0.4 is 10.7 Å². The first-order valence-electron chi connectivity index (χ1n) is 10.4. The van der Waals surface area contributed by atoms with E-state index in [-0.39, 0.29) is 29.9 Å². The van der Waals surface area contributed by atoms with Crippen LogP contribution in [-0.2, 0) is 17.8 Å². The number of nitrogens with one attached hydrogen (secondary N) is 1. The topological polar surface area (TPSA) is 101 Å². The van der Waals surface area contributed by atoms with Gasteiger partial charge in [0, 0.05) is 44.1 Å². The number of halogens is 2. The number of nitrogens with zero attached hydrogens (tertiary/aromatic N) is 2. The summed E-state index contributed by atoms with van der Waals surface area (Å²) >= 11 is 0. The molecule has 4 rings (SSSR count). The Kier molecular flexibility index (Phi) is 5.72. The average molecular weight is 447 g/mol. The molecule has 1 atom stereocenters. The van der Waals surface area contributed by atoms with Crippen molar-refractivity contribution in [3.8, 4) is 5.75 Å². The summed E-state index contributed by atoms with van der Waals surface area (Å²) in [6.07, 6.45) is 2.53. The van der Waals surface area contributed by atoms with Gasteiger partial charge in [-0.3, -0.25) is 14.4 Å². The van der Waals surface area contributed by atoms with Gasteiger partial charge in [-0.2, -0.15) is 0 Å². The third-order valence-corrected chi connectivity index (χ3v) is 5.97. The Hall–Kier alpha value is -3.27. The van der Waals surface area contributed by atoms with Crippen LogP contribution in [0, 0.1) is 11.6 Å². The van der Waals surface area contributed by atoms with E-state index in [4.69, 9.17) is 4.74 Å². The normalized spacial score (nSPS) is 20.0. The van der Waals surface area contributed by atoms with Crippen LogP contribution in [0.5, 0.6) is 5.75 Å². The second-order valence-electron chi connectivity index (χ2n) is 8.10. The zero-order valence-corrected chi connectivity index (χ0v) is 17.5. The van der Waals surface area contributed by atoms with Gasteiger partial charge in [0.2, 0.25) is 5.43 Å². The van der Waals surface area contributed by atoms with Crippen molar-refractivity contribution >= 4 is 11.8 Å². The lowest BCUT2D eigenvalue weighted by molar-refractivity contribution is 0.0237. The summed E-state index contributed by atoms with van der Waals surface area (Å²) in [5.74, 6) is -3.71. The monoisotopic (exact) mass is 447 g/mol. The van der Waals surface area contributed by atoms with Crippen LogP contribution in [0.4, 0.5) is 8.78 Å². The Morgan fingerprint density at radius 2 is 2.09 bits per heavy atom. The SMILES string of the molecule is CCCN1C(=O)c2c(O)c(=O)c(C(=O)NCc3ccc(F)cc3F)cn2CC12CCOC2. The van der Waals surface area contributed by atoms with Crippen molar-refractivity contribution in [2.45, 2.75) is 38.4 Å². The van der Waals surface area contributed by atoms with Crippen molar-refractivity contribution < 1.29 is 28.2 Å². The molecule has 1 aromatic carbocycles. The minimum atomic E-state index is -0.989. The molecule has 2 amide bonds. The third-order valence-electron chi connectivity index (χ3n) is 5.97. The van der Waals surface area contributed by atoms with Gasteiger partial charge < -0.3 is 24.6 Å². The van der Waals surface area contributed by atoms with Crippen molar-refractivity contribution in [1.82, 2.24) is 14.8 Å². The van der Waals surface area contributed by atoms with Crippen LogP contribution >= 0.6 is 0 Å². The zero-order chi connectivity index (χ0) is 23.0. The molecule has 1 aromatic heterocycles. The quantitative estimate of drug-likeness (QED) is 0.728. The molecule has 8 nitrogen and oxygen atoms in total. The standard InChI is InChI=1S/C22H23F2N3O5/c1-2-6-27-21(31)17-19(29)18(28)15(10-26(17)11-22(27)5-7-32-12-22)20(30)25-9-13-3-4-14(23)8-16(13)24/h3-4,8,10,29H,2,5-7,9,11-12H2,1H3,(H,25,30). The molecule has 2 aliphatic heterocycles. The second kappa shape index (κ2) is 8.34. The van der Waals surface area contributed by atoms with E-state index < -0.39 is 40.2 Å². The maximum Gasteiger partial charge on any atom is 0.275 e. The lowest BCUT2D eigenvalue weighted by Crippen LogP contribution is -2.59. The molecule has 0 aliphatic carbocycles. The van der Waals surface area contributed by atoms with Gasteiger partial charge in [-0.15, -0.1) is 0 Å². The molecule has 1 fully saturated rings. The smallest absolute Gasteiger partial charge is 0.275 e. The average Bonchev–Trinajstić information content (AvgIpc) is 3.21. The summed E-state index contributed by atoms with van der Waals surface area (Å²) in [7, 11) is 0. The maximum absolute atomic E-state index is 13.8. The Labute approximate surface area is 182 Å². The van der Waals surface area contributed by atoms with Gasteiger partial charge in [-0.1, -0.05) is 13.0 Å². The van der Waals surface area contributed by atoms with Crippen molar-refractivity contribution in [3.63, 3.8) is 0 Å². The van der Waals surface area contributed by atoms with E-state index in [1.54, 1.807) is 4.90 Å². The van der Waals surface area contributed by atoms with Gasteiger partial charge in [0.1, 0.15) is 17.2 Å². The van der Waals surface area contributed by atoms with E-state index in [9.17, 15) is 28.3 Å². The van der Waals surface area contributed by atoms with Crippen molar-refractivity contribution in [2.24, 2.45) is 0 Å². The molecule has 2 aliphatic rings. The molecule has 0 radical (unpaired) electrons. The molecular weight excluding hydrogens is 424 g/mol. The minimum Gasteiger partial charge on any atom is -0.503 e. The number of pyridine rings is 1. The van der Waals surface area contributed by atoms with E-state index in [0.717, 1.165) is 6.07 Å². The van der Waals surface area contributed by atoms with Crippen LogP contribution in [-0.4, -0.2) is 51.7 Å². The fourth-order valence-electron chi connectivity index (χ4n) is 4.34. The van der Waals surface area contributed by atoms with E-state index in [1.807, 2.05) is 6.92 Å². The number of aromatic hydroxyl groups is 1.